The van der Waals surface area contributed by atoms with Gasteiger partial charge in [0, 0.05) is 50.9 Å². The molecule has 2 aromatic rings. The van der Waals surface area contributed by atoms with Crippen molar-refractivity contribution in [3.8, 4) is 0 Å². The summed E-state index contributed by atoms with van der Waals surface area (Å²) in [6.45, 7) is 6.81. The predicted molar refractivity (Wildman–Crippen MR) is 104 cm³/mol. The molecule has 6 nitrogen and oxygen atoms in total. The second-order valence-electron chi connectivity index (χ2n) is 6.29. The van der Waals surface area contributed by atoms with Gasteiger partial charge in [0.1, 0.15) is 0 Å². The summed E-state index contributed by atoms with van der Waals surface area (Å²) in [5.74, 6) is 0.849. The summed E-state index contributed by atoms with van der Waals surface area (Å²) < 4.78 is 2.27. The van der Waals surface area contributed by atoms with Crippen LogP contribution in [0.3, 0.4) is 0 Å². The van der Waals surface area contributed by atoms with E-state index in [-0.39, 0.29) is 11.8 Å². The second kappa shape index (κ2) is 9.71. The largest absolute Gasteiger partial charge is 0.356 e. The van der Waals surface area contributed by atoms with E-state index in [4.69, 9.17) is 0 Å². The minimum atomic E-state index is 0.0159. The topological polar surface area (TPSA) is 70.5 Å². The number of aromatic nitrogens is 1. The van der Waals surface area contributed by atoms with E-state index in [0.717, 1.165) is 25.5 Å². The van der Waals surface area contributed by atoms with Gasteiger partial charge in [-0.2, -0.15) is 0 Å². The minimum Gasteiger partial charge on any atom is -0.356 e. The number of nitrogens with zero attached hydrogens (tertiary/aromatic N) is 2. The van der Waals surface area contributed by atoms with Crippen LogP contribution in [0, 0.1) is 5.92 Å². The second-order valence-corrected chi connectivity index (χ2v) is 6.29. The van der Waals surface area contributed by atoms with Gasteiger partial charge in [0.05, 0.1) is 0 Å². The van der Waals surface area contributed by atoms with Crippen molar-refractivity contribution in [3.63, 3.8) is 0 Å². The third-order valence-corrected chi connectivity index (χ3v) is 4.01. The molecule has 6 heteroatoms. The molecule has 1 amide bonds. The number of aliphatic imine (C=N–C) groups is 1. The number of rotatable bonds is 8. The van der Waals surface area contributed by atoms with Crippen molar-refractivity contribution >= 4 is 22.8 Å². The van der Waals surface area contributed by atoms with Gasteiger partial charge in [-0.1, -0.05) is 32.0 Å². The van der Waals surface area contributed by atoms with Crippen molar-refractivity contribution in [2.45, 2.75) is 26.8 Å². The zero-order valence-electron chi connectivity index (χ0n) is 15.4. The molecular weight excluding hydrogens is 314 g/mol. The van der Waals surface area contributed by atoms with E-state index >= 15 is 0 Å². The Labute approximate surface area is 149 Å². The quantitative estimate of drug-likeness (QED) is 0.390. The highest BCUT2D eigenvalue weighted by molar-refractivity contribution is 5.80. The fraction of sp³-hybridized carbons (Fsp3) is 0.474. The van der Waals surface area contributed by atoms with Crippen LogP contribution in [0.1, 0.15) is 20.3 Å². The lowest BCUT2D eigenvalue weighted by Gasteiger charge is -2.13. The molecule has 1 aromatic heterocycles. The highest BCUT2D eigenvalue weighted by Gasteiger charge is 2.05. The van der Waals surface area contributed by atoms with Gasteiger partial charge in [-0.05, 0) is 23.9 Å². The van der Waals surface area contributed by atoms with E-state index in [1.54, 1.807) is 7.05 Å². The molecule has 1 heterocycles. The van der Waals surface area contributed by atoms with Gasteiger partial charge in [-0.3, -0.25) is 9.79 Å². The first-order valence-corrected chi connectivity index (χ1v) is 8.88. The Morgan fingerprint density at radius 3 is 2.56 bits per heavy atom. The third-order valence-electron chi connectivity index (χ3n) is 4.01. The number of fused-ring (bicyclic) bond motifs is 1. The number of nitrogens with one attached hydrogen (secondary N) is 3. The molecule has 0 saturated carbocycles. The molecule has 136 valence electrons. The number of benzene rings is 1. The maximum atomic E-state index is 11.5. The number of carbonyl (C=O) groups excluding carboxylic acids is 1. The number of hydrogen-bond donors (Lipinski definition) is 3. The van der Waals surface area contributed by atoms with Crippen molar-refractivity contribution in [3.05, 3.63) is 36.5 Å². The van der Waals surface area contributed by atoms with Crippen molar-refractivity contribution in [1.82, 2.24) is 20.5 Å². The zero-order chi connectivity index (χ0) is 18.1. The van der Waals surface area contributed by atoms with Crippen LogP contribution in [0.4, 0.5) is 0 Å². The number of amides is 1. The van der Waals surface area contributed by atoms with Crippen LogP contribution in [0.5, 0.6) is 0 Å². The van der Waals surface area contributed by atoms with E-state index in [2.05, 4.69) is 62.0 Å². The summed E-state index contributed by atoms with van der Waals surface area (Å²) >= 11 is 0. The van der Waals surface area contributed by atoms with E-state index < -0.39 is 0 Å². The SMILES string of the molecule is CN=C(NCCCn1ccc2ccccc21)NCCNC(=O)C(C)C. The number of para-hydroxylation sites is 1. The molecular formula is C19H29N5O. The highest BCUT2D eigenvalue weighted by atomic mass is 16.1. The van der Waals surface area contributed by atoms with Gasteiger partial charge in [-0.15, -0.1) is 0 Å². The molecule has 25 heavy (non-hydrogen) atoms. The monoisotopic (exact) mass is 343 g/mol. The van der Waals surface area contributed by atoms with Crippen LogP contribution in [0.25, 0.3) is 10.9 Å². The maximum Gasteiger partial charge on any atom is 0.222 e. The fourth-order valence-electron chi connectivity index (χ4n) is 2.58. The van der Waals surface area contributed by atoms with Crippen LogP contribution in [-0.2, 0) is 11.3 Å². The van der Waals surface area contributed by atoms with Gasteiger partial charge in [0.15, 0.2) is 5.96 Å². The molecule has 0 bridgehead atoms. The summed E-state index contributed by atoms with van der Waals surface area (Å²) in [6, 6.07) is 10.6. The summed E-state index contributed by atoms with van der Waals surface area (Å²) in [5.41, 5.74) is 1.27. The molecule has 3 N–H and O–H groups in total. The van der Waals surface area contributed by atoms with Crippen LogP contribution >= 0.6 is 0 Å². The molecule has 0 unspecified atom stereocenters. The molecule has 0 aliphatic rings. The van der Waals surface area contributed by atoms with Gasteiger partial charge in [0.2, 0.25) is 5.91 Å². The van der Waals surface area contributed by atoms with Gasteiger partial charge in [0.25, 0.3) is 0 Å². The van der Waals surface area contributed by atoms with E-state index in [1.165, 1.54) is 10.9 Å². The lowest BCUT2D eigenvalue weighted by Crippen LogP contribution is -2.42. The van der Waals surface area contributed by atoms with Crippen molar-refractivity contribution in [1.29, 1.82) is 0 Å². The smallest absolute Gasteiger partial charge is 0.222 e. The van der Waals surface area contributed by atoms with E-state index in [0.29, 0.717) is 13.1 Å². The molecule has 2 rings (SSSR count). The van der Waals surface area contributed by atoms with Crippen molar-refractivity contribution in [2.75, 3.05) is 26.7 Å². The Kier molecular flexibility index (Phi) is 7.32. The molecule has 0 spiro atoms. The fourth-order valence-corrected chi connectivity index (χ4v) is 2.58. The Morgan fingerprint density at radius 2 is 1.80 bits per heavy atom. The molecule has 0 aliphatic carbocycles. The predicted octanol–water partition coefficient (Wildman–Crippen LogP) is 1.97. The van der Waals surface area contributed by atoms with Crippen LogP contribution in [0.15, 0.2) is 41.5 Å². The Hall–Kier alpha value is -2.50. The van der Waals surface area contributed by atoms with Crippen molar-refractivity contribution in [2.24, 2.45) is 10.9 Å². The number of carbonyl (C=O) groups is 1. The van der Waals surface area contributed by atoms with Crippen LogP contribution in [0.2, 0.25) is 0 Å². The molecule has 0 atom stereocenters. The third kappa shape index (κ3) is 5.81. The first-order valence-electron chi connectivity index (χ1n) is 8.88. The first-order chi connectivity index (χ1) is 12.1. The summed E-state index contributed by atoms with van der Waals surface area (Å²) in [5, 5.41) is 10.7. The normalized spacial score (nSPS) is 11.8. The van der Waals surface area contributed by atoms with E-state index in [9.17, 15) is 4.79 Å². The molecule has 0 radical (unpaired) electrons. The summed E-state index contributed by atoms with van der Waals surface area (Å²) in [4.78, 5) is 15.7. The Morgan fingerprint density at radius 1 is 1.08 bits per heavy atom. The maximum absolute atomic E-state index is 11.5. The zero-order valence-corrected chi connectivity index (χ0v) is 15.4. The molecule has 1 aromatic carbocycles. The minimum absolute atomic E-state index is 0.0159. The average molecular weight is 343 g/mol. The van der Waals surface area contributed by atoms with Gasteiger partial charge in [-0.25, -0.2) is 0 Å². The number of aryl methyl sites for hydroxylation is 1. The number of hydrogen-bond acceptors (Lipinski definition) is 2. The standard InChI is InChI=1S/C19H29N5O/c1-15(2)18(25)21-11-12-23-19(20-3)22-10-6-13-24-14-9-16-7-4-5-8-17(16)24/h4-5,7-9,14-15H,6,10-13H2,1-3H3,(H,21,25)(H2,20,22,23). The molecule has 0 aliphatic heterocycles. The summed E-state index contributed by atoms with van der Waals surface area (Å²) in [6.07, 6.45) is 3.14. The number of guanidine groups is 1. The van der Waals surface area contributed by atoms with Gasteiger partial charge >= 0.3 is 0 Å². The van der Waals surface area contributed by atoms with E-state index in [1.807, 2.05) is 13.8 Å². The average Bonchev–Trinajstić information content (AvgIpc) is 3.03. The van der Waals surface area contributed by atoms with Crippen LogP contribution in [-0.4, -0.2) is 43.1 Å². The van der Waals surface area contributed by atoms with Crippen molar-refractivity contribution < 1.29 is 4.79 Å². The molecule has 0 saturated heterocycles. The first kappa shape index (κ1) is 18.8. The lowest BCUT2D eigenvalue weighted by molar-refractivity contribution is -0.123. The highest BCUT2D eigenvalue weighted by Crippen LogP contribution is 2.15. The molecule has 0 fully saturated rings. The Balaban J connectivity index is 1.65. The van der Waals surface area contributed by atoms with Gasteiger partial charge < -0.3 is 20.5 Å². The summed E-state index contributed by atoms with van der Waals surface area (Å²) in [7, 11) is 1.75. The lowest BCUT2D eigenvalue weighted by atomic mass is 10.2. The van der Waals surface area contributed by atoms with Crippen LogP contribution < -0.4 is 16.0 Å². The Bertz CT molecular complexity index is 705.